The molecule has 2 rings (SSSR count). The number of esters is 1. The third-order valence-corrected chi connectivity index (χ3v) is 2.73. The van der Waals surface area contributed by atoms with Crippen LogP contribution < -0.4 is 10.3 Å². The molecule has 0 saturated heterocycles. The van der Waals surface area contributed by atoms with Crippen LogP contribution in [0.15, 0.2) is 33.6 Å². The average molecular weight is 294 g/mol. The number of hydrogen-bond acceptors (Lipinski definition) is 6. The molecule has 0 aliphatic heterocycles. The fourth-order valence-corrected chi connectivity index (χ4v) is 1.85. The van der Waals surface area contributed by atoms with Crippen LogP contribution in [0.4, 0.5) is 5.69 Å². The average Bonchev–Trinajstić information content (AvgIpc) is 2.80. The first-order valence-corrected chi connectivity index (χ1v) is 5.95. The maximum atomic E-state index is 11.7. The summed E-state index contributed by atoms with van der Waals surface area (Å²) in [6, 6.07) is 5.45. The molecule has 0 bridgehead atoms. The van der Waals surface area contributed by atoms with Crippen LogP contribution in [0.3, 0.4) is 0 Å². The molecule has 0 spiro atoms. The van der Waals surface area contributed by atoms with Gasteiger partial charge in [0.05, 0.1) is 4.92 Å². The summed E-state index contributed by atoms with van der Waals surface area (Å²) in [5.74, 6) is -0.543. The topological polar surface area (TPSA) is 119 Å². The smallest absolute Gasteiger partial charge is 0.434 e. The predicted molar refractivity (Wildman–Crippen MR) is 67.7 cm³/mol. The Balaban J connectivity index is 2.43. The van der Waals surface area contributed by atoms with Crippen molar-refractivity contribution in [3.8, 4) is 5.69 Å². The molecule has 1 aromatic heterocycles. The van der Waals surface area contributed by atoms with Crippen molar-refractivity contribution < 1.29 is 23.7 Å². The summed E-state index contributed by atoms with van der Waals surface area (Å²) < 4.78 is 10.9. The highest BCUT2D eigenvalue weighted by Crippen LogP contribution is 2.14. The predicted octanol–water partition coefficient (Wildman–Crippen LogP) is 0.777. The lowest BCUT2D eigenvalue weighted by Crippen LogP contribution is -2.40. The van der Waals surface area contributed by atoms with E-state index < -0.39 is 22.6 Å². The normalized spacial score (nSPS) is 11.9. The molecule has 0 fully saturated rings. The number of hydrogen-bond donors (Lipinski definition) is 1. The molecule has 110 valence electrons. The van der Waals surface area contributed by atoms with E-state index in [1.54, 1.807) is 0 Å². The van der Waals surface area contributed by atoms with Gasteiger partial charge in [0.2, 0.25) is 5.69 Å². The van der Waals surface area contributed by atoms with Crippen LogP contribution in [0.1, 0.15) is 25.6 Å². The molecular formula is C12H12N3O6+. The zero-order chi connectivity index (χ0) is 15.6. The van der Waals surface area contributed by atoms with Crippen LogP contribution in [0.25, 0.3) is 5.69 Å². The van der Waals surface area contributed by atoms with Crippen molar-refractivity contribution in [2.24, 2.45) is 0 Å². The number of aromatic amines is 1. The highest BCUT2D eigenvalue weighted by Gasteiger charge is 2.31. The fraction of sp³-hybridized carbons (Fsp3) is 0.250. The summed E-state index contributed by atoms with van der Waals surface area (Å²) in [7, 11) is 0. The highest BCUT2D eigenvalue weighted by atomic mass is 16.6. The molecule has 0 aliphatic carbocycles. The van der Waals surface area contributed by atoms with E-state index in [1.165, 1.54) is 42.8 Å². The number of ether oxygens (including phenoxy) is 1. The van der Waals surface area contributed by atoms with E-state index in [0.717, 1.165) is 0 Å². The zero-order valence-corrected chi connectivity index (χ0v) is 11.2. The van der Waals surface area contributed by atoms with Gasteiger partial charge in [-0.3, -0.25) is 19.4 Å². The summed E-state index contributed by atoms with van der Waals surface area (Å²) in [4.78, 5) is 32.8. The summed E-state index contributed by atoms with van der Waals surface area (Å²) in [5, 5.41) is 13.0. The second-order valence-electron chi connectivity index (χ2n) is 4.23. The van der Waals surface area contributed by atoms with Crippen LogP contribution in [0.2, 0.25) is 0 Å². The summed E-state index contributed by atoms with van der Waals surface area (Å²) in [6.07, 6.45) is -0.833. The lowest BCUT2D eigenvalue weighted by atomic mass is 10.2. The monoisotopic (exact) mass is 294 g/mol. The van der Waals surface area contributed by atoms with Crippen LogP contribution in [0, 0.1) is 10.1 Å². The van der Waals surface area contributed by atoms with Gasteiger partial charge < -0.3 is 4.74 Å². The quantitative estimate of drug-likeness (QED) is 0.385. The van der Waals surface area contributed by atoms with Crippen molar-refractivity contribution in [1.29, 1.82) is 0 Å². The molecule has 2 aromatic rings. The molecule has 1 atom stereocenters. The minimum absolute atomic E-state index is 0.0686. The number of nitro benzene ring substituents is 1. The summed E-state index contributed by atoms with van der Waals surface area (Å²) in [5.41, 5.74) is -0.276. The first-order valence-electron chi connectivity index (χ1n) is 5.95. The molecule has 0 aliphatic rings. The largest absolute Gasteiger partial charge is 0.451 e. The molecule has 1 unspecified atom stereocenters. The number of nitrogens with zero attached hydrogens (tertiary/aromatic N) is 2. The van der Waals surface area contributed by atoms with Gasteiger partial charge in [0, 0.05) is 31.2 Å². The maximum Gasteiger partial charge on any atom is 0.434 e. The van der Waals surface area contributed by atoms with Gasteiger partial charge in [-0.2, -0.15) is 0 Å². The molecule has 0 radical (unpaired) electrons. The van der Waals surface area contributed by atoms with Crippen LogP contribution in [-0.4, -0.2) is 16.2 Å². The van der Waals surface area contributed by atoms with Gasteiger partial charge in [0.25, 0.3) is 5.69 Å². The van der Waals surface area contributed by atoms with Crippen molar-refractivity contribution in [3.63, 3.8) is 0 Å². The Labute approximate surface area is 117 Å². The Morgan fingerprint density at radius 3 is 2.57 bits per heavy atom. The van der Waals surface area contributed by atoms with Crippen LogP contribution >= 0.6 is 0 Å². The first-order chi connectivity index (χ1) is 9.90. The highest BCUT2D eigenvalue weighted by molar-refractivity contribution is 5.66. The van der Waals surface area contributed by atoms with Crippen molar-refractivity contribution in [2.45, 2.75) is 20.0 Å². The molecule has 9 nitrogen and oxygen atoms in total. The molecule has 0 amide bonds. The van der Waals surface area contributed by atoms with Gasteiger partial charge in [0.1, 0.15) is 0 Å². The van der Waals surface area contributed by atoms with Gasteiger partial charge in [-0.05, 0) is 16.9 Å². The van der Waals surface area contributed by atoms with Crippen molar-refractivity contribution in [3.05, 3.63) is 50.5 Å². The van der Waals surface area contributed by atoms with Crippen molar-refractivity contribution in [1.82, 2.24) is 5.27 Å². The molecule has 1 N–H and O–H groups in total. The van der Waals surface area contributed by atoms with E-state index in [9.17, 15) is 19.7 Å². The third kappa shape index (κ3) is 2.96. The zero-order valence-electron chi connectivity index (χ0n) is 11.2. The summed E-state index contributed by atoms with van der Waals surface area (Å²) in [6.45, 7) is 2.74. The molecule has 0 saturated carbocycles. The lowest BCUT2D eigenvalue weighted by Gasteiger charge is -2.05. The van der Waals surface area contributed by atoms with Gasteiger partial charge in [-0.15, -0.1) is 0 Å². The third-order valence-electron chi connectivity index (χ3n) is 2.73. The minimum Gasteiger partial charge on any atom is -0.451 e. The van der Waals surface area contributed by atoms with Gasteiger partial charge in [-0.25, -0.2) is 4.79 Å². The standard InChI is InChI=1S/C12H11N3O6/c1-7(20-8(2)16)11-12(17)21-13-14(11)9-3-5-10(6-4-9)15(18)19/h3-7H,1-2H3/p+1. The van der Waals surface area contributed by atoms with Gasteiger partial charge >= 0.3 is 17.3 Å². The Hall–Kier alpha value is -2.97. The Bertz CT molecular complexity index is 730. The number of carbonyl (C=O) groups excluding carboxylic acids is 1. The molecule has 9 heteroatoms. The maximum absolute atomic E-state index is 11.7. The lowest BCUT2D eigenvalue weighted by molar-refractivity contribution is -0.680. The Kier molecular flexibility index (Phi) is 3.83. The molecule has 1 aromatic carbocycles. The number of nitro groups is 1. The minimum atomic E-state index is -0.833. The second-order valence-corrected chi connectivity index (χ2v) is 4.23. The van der Waals surface area contributed by atoms with E-state index in [4.69, 9.17) is 4.74 Å². The fourth-order valence-electron chi connectivity index (χ4n) is 1.85. The number of nitrogens with one attached hydrogen (secondary N) is 1. The number of rotatable bonds is 4. The molecule has 21 heavy (non-hydrogen) atoms. The number of aromatic nitrogens is 2. The van der Waals surface area contributed by atoms with Gasteiger partial charge in [0.15, 0.2) is 6.10 Å². The van der Waals surface area contributed by atoms with Crippen molar-refractivity contribution in [2.75, 3.05) is 0 Å². The number of non-ortho nitro benzene ring substituents is 1. The van der Waals surface area contributed by atoms with E-state index in [-0.39, 0.29) is 11.4 Å². The second kappa shape index (κ2) is 5.57. The van der Waals surface area contributed by atoms with E-state index in [0.29, 0.717) is 5.69 Å². The number of carbonyl (C=O) groups is 1. The van der Waals surface area contributed by atoms with Gasteiger partial charge in [-0.1, -0.05) is 0 Å². The van der Waals surface area contributed by atoms with E-state index in [1.807, 2.05) is 0 Å². The summed E-state index contributed by atoms with van der Waals surface area (Å²) >= 11 is 0. The first kappa shape index (κ1) is 14.4. The van der Waals surface area contributed by atoms with Crippen LogP contribution in [-0.2, 0) is 9.53 Å². The van der Waals surface area contributed by atoms with E-state index in [2.05, 4.69) is 9.79 Å². The SMILES string of the molecule is CC(=O)OC(C)c1c(=O)o[nH][n+]1-c1ccc([N+](=O)[O-])cc1. The van der Waals surface area contributed by atoms with Crippen LogP contribution in [0.5, 0.6) is 0 Å². The Morgan fingerprint density at radius 1 is 1.43 bits per heavy atom. The molecular weight excluding hydrogens is 282 g/mol. The van der Waals surface area contributed by atoms with Crippen molar-refractivity contribution >= 4 is 11.7 Å². The van der Waals surface area contributed by atoms with E-state index >= 15 is 0 Å². The number of H-pyrrole nitrogens is 1. The Morgan fingerprint density at radius 2 is 2.05 bits per heavy atom. The molecule has 1 heterocycles. The number of benzene rings is 1.